The Balaban J connectivity index is 2.60. The largest absolute Gasteiger partial charge is 0.496 e. The lowest BCUT2D eigenvalue weighted by Crippen LogP contribution is -2.02. The third-order valence-electron chi connectivity index (χ3n) is 3.69. The fourth-order valence-corrected chi connectivity index (χ4v) is 3.00. The van der Waals surface area contributed by atoms with Crippen LogP contribution in [0.25, 0.3) is 11.6 Å². The molecule has 0 saturated carbocycles. The van der Waals surface area contributed by atoms with Crippen LogP contribution in [0.1, 0.15) is 11.1 Å². The van der Waals surface area contributed by atoms with Crippen molar-refractivity contribution in [3.8, 4) is 23.0 Å². The lowest BCUT2D eigenvalue weighted by atomic mass is 10.0. The zero-order valence-electron chi connectivity index (χ0n) is 14.8. The molecule has 7 heteroatoms. The summed E-state index contributed by atoms with van der Waals surface area (Å²) in [6.07, 6.45) is 1.56. The molecule has 0 aliphatic rings. The smallest absolute Gasteiger partial charge is 0.336 e. The Morgan fingerprint density at radius 1 is 0.923 bits per heavy atom. The van der Waals surface area contributed by atoms with Gasteiger partial charge >= 0.3 is 5.97 Å². The number of carboxylic acid groups (broad SMARTS) is 1. The second kappa shape index (κ2) is 8.62. The van der Waals surface area contributed by atoms with Crippen LogP contribution in [0.4, 0.5) is 0 Å². The first-order chi connectivity index (χ1) is 12.4. The number of ether oxygens (including phenoxy) is 4. The van der Waals surface area contributed by atoms with Crippen molar-refractivity contribution in [2.24, 2.45) is 0 Å². The van der Waals surface area contributed by atoms with Crippen molar-refractivity contribution >= 4 is 33.5 Å². The van der Waals surface area contributed by atoms with Crippen molar-refractivity contribution in [3.05, 3.63) is 45.9 Å². The number of methoxy groups -OCH3 is 4. The summed E-state index contributed by atoms with van der Waals surface area (Å²) in [5.41, 5.74) is 1.21. The van der Waals surface area contributed by atoms with Crippen molar-refractivity contribution in [3.63, 3.8) is 0 Å². The van der Waals surface area contributed by atoms with E-state index in [1.165, 1.54) is 21.3 Å². The molecule has 0 aromatic heterocycles. The summed E-state index contributed by atoms with van der Waals surface area (Å²) in [4.78, 5) is 11.8. The number of aliphatic carboxylic acids is 1. The fraction of sp³-hybridized carbons (Fsp3) is 0.211. The predicted octanol–water partition coefficient (Wildman–Crippen LogP) is 4.11. The van der Waals surface area contributed by atoms with Crippen LogP contribution in [-0.4, -0.2) is 39.5 Å². The normalized spacial score (nSPS) is 11.0. The molecule has 26 heavy (non-hydrogen) atoms. The molecule has 0 amide bonds. The average molecular weight is 423 g/mol. The number of rotatable bonds is 7. The Labute approximate surface area is 160 Å². The van der Waals surface area contributed by atoms with Crippen molar-refractivity contribution in [1.82, 2.24) is 0 Å². The Bertz CT molecular complexity index is 819. The van der Waals surface area contributed by atoms with Crippen molar-refractivity contribution in [1.29, 1.82) is 0 Å². The second-order valence-corrected chi connectivity index (χ2v) is 6.03. The first kappa shape index (κ1) is 19.7. The number of benzene rings is 2. The van der Waals surface area contributed by atoms with Gasteiger partial charge in [0.1, 0.15) is 5.75 Å². The first-order valence-electron chi connectivity index (χ1n) is 7.54. The van der Waals surface area contributed by atoms with Crippen molar-refractivity contribution < 1.29 is 28.8 Å². The topological polar surface area (TPSA) is 74.2 Å². The van der Waals surface area contributed by atoms with Crippen LogP contribution in [0.3, 0.4) is 0 Å². The van der Waals surface area contributed by atoms with Crippen LogP contribution < -0.4 is 18.9 Å². The minimum atomic E-state index is -1.08. The van der Waals surface area contributed by atoms with Crippen molar-refractivity contribution in [2.75, 3.05) is 28.4 Å². The molecular weight excluding hydrogens is 404 g/mol. The van der Waals surface area contributed by atoms with Gasteiger partial charge in [-0.1, -0.05) is 6.07 Å². The van der Waals surface area contributed by atoms with Gasteiger partial charge in [0, 0.05) is 0 Å². The molecule has 0 radical (unpaired) electrons. The van der Waals surface area contributed by atoms with E-state index in [1.54, 1.807) is 43.5 Å². The molecule has 2 aromatic rings. The highest BCUT2D eigenvalue weighted by molar-refractivity contribution is 9.10. The Hall–Kier alpha value is -2.67. The third-order valence-corrected chi connectivity index (χ3v) is 4.31. The van der Waals surface area contributed by atoms with E-state index in [1.807, 2.05) is 0 Å². The molecule has 0 heterocycles. The van der Waals surface area contributed by atoms with E-state index in [-0.39, 0.29) is 5.57 Å². The van der Waals surface area contributed by atoms with Crippen LogP contribution >= 0.6 is 15.9 Å². The molecule has 0 saturated heterocycles. The van der Waals surface area contributed by atoms with E-state index in [2.05, 4.69) is 15.9 Å². The van der Waals surface area contributed by atoms with E-state index in [0.29, 0.717) is 34.1 Å². The monoisotopic (exact) mass is 422 g/mol. The lowest BCUT2D eigenvalue weighted by Gasteiger charge is -2.14. The van der Waals surface area contributed by atoms with E-state index in [0.717, 1.165) is 4.47 Å². The maximum atomic E-state index is 11.8. The van der Waals surface area contributed by atoms with Crippen LogP contribution in [0, 0.1) is 0 Å². The first-order valence-corrected chi connectivity index (χ1v) is 8.33. The van der Waals surface area contributed by atoms with Gasteiger partial charge in [0.2, 0.25) is 5.75 Å². The molecule has 2 aromatic carbocycles. The maximum Gasteiger partial charge on any atom is 0.336 e. The summed E-state index contributed by atoms with van der Waals surface area (Å²) in [6, 6.07) is 8.49. The quantitative estimate of drug-likeness (QED) is 0.534. The lowest BCUT2D eigenvalue weighted by molar-refractivity contribution is -0.130. The molecule has 1 N–H and O–H groups in total. The Kier molecular flexibility index (Phi) is 6.52. The zero-order valence-corrected chi connectivity index (χ0v) is 16.4. The molecule has 0 spiro atoms. The maximum absolute atomic E-state index is 11.8. The Morgan fingerprint density at radius 3 is 1.92 bits per heavy atom. The number of carbonyl (C=O) groups is 1. The molecule has 0 unspecified atom stereocenters. The Morgan fingerprint density at radius 2 is 1.50 bits per heavy atom. The van der Waals surface area contributed by atoms with E-state index >= 15 is 0 Å². The summed E-state index contributed by atoms with van der Waals surface area (Å²) in [6.45, 7) is 0. The van der Waals surface area contributed by atoms with Gasteiger partial charge in [-0.25, -0.2) is 4.79 Å². The van der Waals surface area contributed by atoms with Crippen molar-refractivity contribution in [2.45, 2.75) is 0 Å². The van der Waals surface area contributed by atoms with E-state index in [4.69, 9.17) is 18.9 Å². The van der Waals surface area contributed by atoms with Gasteiger partial charge in [-0.15, -0.1) is 0 Å². The van der Waals surface area contributed by atoms with Gasteiger partial charge in [0.05, 0.1) is 38.5 Å². The van der Waals surface area contributed by atoms with Crippen LogP contribution in [0.15, 0.2) is 34.8 Å². The van der Waals surface area contributed by atoms with Gasteiger partial charge in [-0.2, -0.15) is 0 Å². The summed E-state index contributed by atoms with van der Waals surface area (Å²) < 4.78 is 21.8. The fourth-order valence-electron chi connectivity index (χ4n) is 2.44. The highest BCUT2D eigenvalue weighted by Gasteiger charge is 2.18. The molecule has 2 rings (SSSR count). The molecule has 0 aliphatic heterocycles. The van der Waals surface area contributed by atoms with Gasteiger partial charge in [-0.3, -0.25) is 0 Å². The minimum Gasteiger partial charge on any atom is -0.496 e. The minimum absolute atomic E-state index is 0.0846. The molecule has 6 nitrogen and oxygen atoms in total. The highest BCUT2D eigenvalue weighted by Crippen LogP contribution is 2.40. The number of hydrogen-bond acceptors (Lipinski definition) is 5. The summed E-state index contributed by atoms with van der Waals surface area (Å²) in [5.74, 6) is 0.739. The summed E-state index contributed by atoms with van der Waals surface area (Å²) >= 11 is 3.40. The molecule has 0 atom stereocenters. The number of carboxylic acids is 1. The zero-order chi connectivity index (χ0) is 19.3. The van der Waals surface area contributed by atoms with Crippen LogP contribution in [-0.2, 0) is 4.79 Å². The highest BCUT2D eigenvalue weighted by atomic mass is 79.9. The summed E-state index contributed by atoms with van der Waals surface area (Å²) in [5, 5.41) is 9.69. The van der Waals surface area contributed by atoms with Crippen LogP contribution in [0.2, 0.25) is 0 Å². The molecule has 0 fully saturated rings. The summed E-state index contributed by atoms with van der Waals surface area (Å²) in [7, 11) is 6.01. The van der Waals surface area contributed by atoms with Gasteiger partial charge in [0.15, 0.2) is 11.5 Å². The average Bonchev–Trinajstić information content (AvgIpc) is 2.64. The third kappa shape index (κ3) is 4.11. The SMILES string of the molecule is COc1ccc(/C=C(/C(=O)O)c2cc(OC)c(OC)c(OC)c2)cc1Br. The number of halogens is 1. The second-order valence-electron chi connectivity index (χ2n) is 5.17. The van der Waals surface area contributed by atoms with E-state index in [9.17, 15) is 9.90 Å². The molecule has 0 aliphatic carbocycles. The van der Waals surface area contributed by atoms with E-state index < -0.39 is 5.97 Å². The molecule has 138 valence electrons. The van der Waals surface area contributed by atoms with Crippen LogP contribution in [0.5, 0.6) is 23.0 Å². The van der Waals surface area contributed by atoms with Gasteiger partial charge in [-0.05, 0) is 57.4 Å². The standard InChI is InChI=1S/C19H19BrO6/c1-23-15-6-5-11(8-14(15)20)7-13(19(21)22)12-9-16(24-2)18(26-4)17(10-12)25-3/h5-10H,1-4H3,(H,21,22)/b13-7+. The van der Waals surface area contributed by atoms with Gasteiger partial charge in [0.25, 0.3) is 0 Å². The predicted molar refractivity (Wildman–Crippen MR) is 102 cm³/mol. The molecule has 0 bridgehead atoms. The number of hydrogen-bond donors (Lipinski definition) is 1. The molecular formula is C19H19BrO6. The van der Waals surface area contributed by atoms with Gasteiger partial charge < -0.3 is 24.1 Å².